The van der Waals surface area contributed by atoms with Gasteiger partial charge in [0.2, 0.25) is 0 Å². The number of hydrogen-bond donors (Lipinski definition) is 0. The number of hydrogen-bond acceptors (Lipinski definition) is 2. The molecule has 1 aromatic rings. The molecule has 3 nitrogen and oxygen atoms in total. The van der Waals surface area contributed by atoms with Gasteiger partial charge < -0.3 is 0 Å². The average molecular weight is 292 g/mol. The molecule has 1 aromatic heterocycles. The molecule has 4 heteroatoms. The van der Waals surface area contributed by atoms with Gasteiger partial charge in [-0.15, -0.1) is 0 Å². The smallest absolute Gasteiger partial charge is 0.268 e. The lowest BCUT2D eigenvalue weighted by Gasteiger charge is -2.16. The Balaban J connectivity index is 3.09. The van der Waals surface area contributed by atoms with E-state index in [1.807, 2.05) is 6.92 Å². The largest absolute Gasteiger partial charge is 0.268 e. The zero-order chi connectivity index (χ0) is 10.0. The third-order valence-electron chi connectivity index (χ3n) is 2.14. The van der Waals surface area contributed by atoms with Gasteiger partial charge in [0.25, 0.3) is 5.56 Å². The van der Waals surface area contributed by atoms with Crippen LogP contribution in [-0.4, -0.2) is 9.78 Å². The summed E-state index contributed by atoms with van der Waals surface area (Å²) in [6, 6.07) is 1.76. The molecule has 0 saturated heterocycles. The third kappa shape index (κ3) is 2.52. The van der Waals surface area contributed by atoms with Crippen molar-refractivity contribution in [2.75, 3.05) is 0 Å². The van der Waals surface area contributed by atoms with E-state index >= 15 is 0 Å². The van der Waals surface area contributed by atoms with Crippen LogP contribution in [-0.2, 0) is 0 Å². The molecule has 1 unspecified atom stereocenters. The van der Waals surface area contributed by atoms with Crippen molar-refractivity contribution in [1.82, 2.24) is 9.78 Å². The first-order valence-corrected chi connectivity index (χ1v) is 5.34. The van der Waals surface area contributed by atoms with Crippen LogP contribution in [0.3, 0.4) is 0 Å². The fraction of sp³-hybridized carbons (Fsp3) is 0.556. The van der Waals surface area contributed by atoms with Gasteiger partial charge in [-0.3, -0.25) is 4.79 Å². The molecule has 0 aliphatic rings. The van der Waals surface area contributed by atoms with Crippen molar-refractivity contribution in [2.24, 2.45) is 5.92 Å². The summed E-state index contributed by atoms with van der Waals surface area (Å²) in [5.41, 5.74) is -0.0203. The molecule has 0 bridgehead atoms. The Bertz CT molecular complexity index is 346. The molecule has 0 aromatic carbocycles. The molecule has 0 saturated carbocycles. The van der Waals surface area contributed by atoms with Crippen molar-refractivity contribution in [1.29, 1.82) is 0 Å². The average Bonchev–Trinajstić information content (AvgIpc) is 2.03. The number of nitrogens with zero attached hydrogens (tertiary/aromatic N) is 2. The van der Waals surface area contributed by atoms with Gasteiger partial charge in [0.05, 0.1) is 12.2 Å². The van der Waals surface area contributed by atoms with Gasteiger partial charge >= 0.3 is 0 Å². The highest BCUT2D eigenvalue weighted by atomic mass is 127. The molecule has 1 heterocycles. The molecular formula is C9H13IN2O. The zero-order valence-electron chi connectivity index (χ0n) is 7.99. The summed E-state index contributed by atoms with van der Waals surface area (Å²) >= 11 is 2.09. The van der Waals surface area contributed by atoms with E-state index in [-0.39, 0.29) is 11.6 Å². The van der Waals surface area contributed by atoms with Crippen LogP contribution in [0, 0.1) is 9.49 Å². The maximum Gasteiger partial charge on any atom is 0.268 e. The molecule has 0 N–H and O–H groups in total. The normalized spacial score (nSPS) is 13.3. The summed E-state index contributed by atoms with van der Waals surface area (Å²) in [7, 11) is 0. The van der Waals surface area contributed by atoms with Crippen LogP contribution in [0.4, 0.5) is 0 Å². The summed E-state index contributed by atoms with van der Waals surface area (Å²) < 4.78 is 2.42. The quantitative estimate of drug-likeness (QED) is 0.782. The topological polar surface area (TPSA) is 34.9 Å². The maximum atomic E-state index is 11.5. The zero-order valence-corrected chi connectivity index (χ0v) is 10.1. The lowest BCUT2D eigenvalue weighted by molar-refractivity contribution is 0.360. The van der Waals surface area contributed by atoms with E-state index in [2.05, 4.69) is 41.5 Å². The lowest BCUT2D eigenvalue weighted by Crippen LogP contribution is -2.27. The Hall–Kier alpha value is -0.390. The van der Waals surface area contributed by atoms with Crippen molar-refractivity contribution in [3.63, 3.8) is 0 Å². The summed E-state index contributed by atoms with van der Waals surface area (Å²) in [5.74, 6) is 0.422. The highest BCUT2D eigenvalue weighted by Crippen LogP contribution is 2.12. The van der Waals surface area contributed by atoms with E-state index < -0.39 is 0 Å². The minimum Gasteiger partial charge on any atom is -0.268 e. The summed E-state index contributed by atoms with van der Waals surface area (Å²) in [5, 5.41) is 4.10. The Labute approximate surface area is 91.3 Å². The van der Waals surface area contributed by atoms with Crippen molar-refractivity contribution in [3.05, 3.63) is 26.2 Å². The van der Waals surface area contributed by atoms with Gasteiger partial charge in [0.1, 0.15) is 0 Å². The maximum absolute atomic E-state index is 11.5. The van der Waals surface area contributed by atoms with Crippen molar-refractivity contribution < 1.29 is 0 Å². The molecule has 0 aliphatic carbocycles. The number of halogens is 1. The van der Waals surface area contributed by atoms with E-state index in [1.165, 1.54) is 4.68 Å². The SMILES string of the molecule is CC(C)C(C)n1ncc(I)cc1=O. The predicted octanol–water partition coefficient (Wildman–Crippen LogP) is 2.06. The number of rotatable bonds is 2. The minimum absolute atomic E-state index is 0.0203. The van der Waals surface area contributed by atoms with Crippen LogP contribution < -0.4 is 5.56 Å². The Morgan fingerprint density at radius 3 is 2.54 bits per heavy atom. The fourth-order valence-corrected chi connectivity index (χ4v) is 1.37. The van der Waals surface area contributed by atoms with Crippen molar-refractivity contribution >= 4 is 22.6 Å². The molecule has 0 radical (unpaired) electrons. The van der Waals surface area contributed by atoms with Crippen molar-refractivity contribution in [3.8, 4) is 0 Å². The van der Waals surface area contributed by atoms with E-state index in [1.54, 1.807) is 12.3 Å². The van der Waals surface area contributed by atoms with Gasteiger partial charge in [-0.1, -0.05) is 13.8 Å². The first-order valence-electron chi connectivity index (χ1n) is 4.26. The molecule has 0 amide bonds. The van der Waals surface area contributed by atoms with Crippen LogP contribution >= 0.6 is 22.6 Å². The molecule has 1 rings (SSSR count). The van der Waals surface area contributed by atoms with Crippen LogP contribution in [0.1, 0.15) is 26.8 Å². The second kappa shape index (κ2) is 4.21. The molecule has 0 aliphatic heterocycles. The minimum atomic E-state index is -0.0203. The molecule has 0 spiro atoms. The van der Waals surface area contributed by atoms with Gasteiger partial charge in [0, 0.05) is 9.64 Å². The van der Waals surface area contributed by atoms with E-state index in [0.717, 1.165) is 3.57 Å². The third-order valence-corrected chi connectivity index (χ3v) is 2.73. The molecule has 1 atom stereocenters. The van der Waals surface area contributed by atoms with Crippen molar-refractivity contribution in [2.45, 2.75) is 26.8 Å². The molecule has 72 valence electrons. The summed E-state index contributed by atoms with van der Waals surface area (Å²) in [6.07, 6.45) is 1.71. The van der Waals surface area contributed by atoms with Gasteiger partial charge in [-0.05, 0) is 35.4 Å². The standard InChI is InChI=1S/C9H13IN2O/c1-6(2)7(3)12-9(13)4-8(10)5-11-12/h4-7H,1-3H3. The Kier molecular flexibility index (Phi) is 3.47. The van der Waals surface area contributed by atoms with E-state index in [9.17, 15) is 4.79 Å². The van der Waals surface area contributed by atoms with Crippen LogP contribution in [0.2, 0.25) is 0 Å². The predicted molar refractivity (Wildman–Crippen MR) is 60.8 cm³/mol. The molecule has 0 fully saturated rings. The first-order chi connectivity index (χ1) is 6.02. The van der Waals surface area contributed by atoms with Crippen LogP contribution in [0.25, 0.3) is 0 Å². The molecule has 13 heavy (non-hydrogen) atoms. The second-order valence-corrected chi connectivity index (χ2v) is 4.69. The van der Waals surface area contributed by atoms with Gasteiger partial charge in [0.15, 0.2) is 0 Å². The Morgan fingerprint density at radius 1 is 1.46 bits per heavy atom. The molecular weight excluding hydrogens is 279 g/mol. The van der Waals surface area contributed by atoms with Gasteiger partial charge in [-0.2, -0.15) is 5.10 Å². The Morgan fingerprint density at radius 2 is 2.08 bits per heavy atom. The number of aromatic nitrogens is 2. The summed E-state index contributed by atoms with van der Waals surface area (Å²) in [4.78, 5) is 11.5. The fourth-order valence-electron chi connectivity index (χ4n) is 0.984. The van der Waals surface area contributed by atoms with Gasteiger partial charge in [-0.25, -0.2) is 4.68 Å². The second-order valence-electron chi connectivity index (χ2n) is 3.44. The summed E-state index contributed by atoms with van der Waals surface area (Å²) in [6.45, 7) is 6.17. The highest BCUT2D eigenvalue weighted by molar-refractivity contribution is 14.1. The monoisotopic (exact) mass is 292 g/mol. The van der Waals surface area contributed by atoms with Crippen LogP contribution in [0.5, 0.6) is 0 Å². The van der Waals surface area contributed by atoms with E-state index in [4.69, 9.17) is 0 Å². The first kappa shape index (κ1) is 10.7. The highest BCUT2D eigenvalue weighted by Gasteiger charge is 2.11. The van der Waals surface area contributed by atoms with Crippen LogP contribution in [0.15, 0.2) is 17.1 Å². The van der Waals surface area contributed by atoms with E-state index in [0.29, 0.717) is 5.92 Å². The lowest BCUT2D eigenvalue weighted by atomic mass is 10.1.